The number of carbonyl (C=O) groups excluding carboxylic acids is 2. The van der Waals surface area contributed by atoms with Crippen LogP contribution in [-0.4, -0.2) is 18.4 Å². The van der Waals surface area contributed by atoms with E-state index in [-0.39, 0.29) is 12.4 Å². The van der Waals surface area contributed by atoms with Crippen LogP contribution in [0.5, 0.6) is 5.75 Å². The van der Waals surface area contributed by atoms with Gasteiger partial charge in [-0.05, 0) is 23.6 Å². The van der Waals surface area contributed by atoms with E-state index in [2.05, 4.69) is 10.9 Å². The monoisotopic (exact) mass is 310 g/mol. The van der Waals surface area contributed by atoms with Crippen LogP contribution >= 0.6 is 0 Å². The number of ether oxygens (including phenoxy) is 1. The molecule has 23 heavy (non-hydrogen) atoms. The van der Waals surface area contributed by atoms with Crippen LogP contribution in [0.15, 0.2) is 65.3 Å². The first-order valence-corrected chi connectivity index (χ1v) is 6.97. The van der Waals surface area contributed by atoms with Gasteiger partial charge in [-0.2, -0.15) is 0 Å². The zero-order valence-electron chi connectivity index (χ0n) is 12.1. The Hall–Kier alpha value is -3.28. The summed E-state index contributed by atoms with van der Waals surface area (Å²) in [7, 11) is 0. The highest BCUT2D eigenvalue weighted by atomic mass is 16.5. The van der Waals surface area contributed by atoms with Crippen molar-refractivity contribution in [2.75, 3.05) is 6.61 Å². The molecule has 0 atom stereocenters. The van der Waals surface area contributed by atoms with Gasteiger partial charge in [-0.15, -0.1) is 0 Å². The Morgan fingerprint density at radius 1 is 0.957 bits per heavy atom. The second kappa shape index (κ2) is 6.65. The second-order valence-corrected chi connectivity index (χ2v) is 4.75. The normalized spacial score (nSPS) is 10.3. The van der Waals surface area contributed by atoms with Gasteiger partial charge in [0, 0.05) is 5.39 Å². The van der Waals surface area contributed by atoms with Crippen molar-refractivity contribution in [3.8, 4) is 5.75 Å². The zero-order valence-corrected chi connectivity index (χ0v) is 12.1. The van der Waals surface area contributed by atoms with Crippen molar-refractivity contribution in [2.45, 2.75) is 0 Å². The quantitative estimate of drug-likeness (QED) is 0.724. The molecule has 0 aliphatic rings. The van der Waals surface area contributed by atoms with Crippen molar-refractivity contribution in [1.82, 2.24) is 10.9 Å². The predicted octanol–water partition coefficient (Wildman–Crippen LogP) is 2.27. The molecule has 6 heteroatoms. The van der Waals surface area contributed by atoms with Crippen LogP contribution in [-0.2, 0) is 4.79 Å². The molecule has 0 fully saturated rings. The lowest BCUT2D eigenvalue weighted by atomic mass is 10.1. The fraction of sp³-hybridized carbons (Fsp3) is 0.0588. The van der Waals surface area contributed by atoms with Crippen LogP contribution in [0.1, 0.15) is 10.6 Å². The van der Waals surface area contributed by atoms with E-state index in [4.69, 9.17) is 9.15 Å². The maximum absolute atomic E-state index is 11.7. The number of hydrogen-bond donors (Lipinski definition) is 2. The highest BCUT2D eigenvalue weighted by molar-refractivity contribution is 5.93. The second-order valence-electron chi connectivity index (χ2n) is 4.75. The number of nitrogens with one attached hydrogen (secondary N) is 2. The molecule has 0 aliphatic heterocycles. The van der Waals surface area contributed by atoms with Crippen LogP contribution in [0.3, 0.4) is 0 Å². The lowest BCUT2D eigenvalue weighted by Crippen LogP contribution is -2.43. The predicted molar refractivity (Wildman–Crippen MR) is 83.8 cm³/mol. The van der Waals surface area contributed by atoms with Crippen molar-refractivity contribution < 1.29 is 18.7 Å². The number of benzene rings is 2. The number of rotatable bonds is 4. The van der Waals surface area contributed by atoms with Crippen molar-refractivity contribution >= 4 is 22.6 Å². The molecule has 0 bridgehead atoms. The summed E-state index contributed by atoms with van der Waals surface area (Å²) in [6.45, 7) is -0.216. The minimum Gasteiger partial charge on any atom is -0.483 e. The van der Waals surface area contributed by atoms with Crippen molar-refractivity contribution in [1.29, 1.82) is 0 Å². The van der Waals surface area contributed by atoms with Gasteiger partial charge in [-0.3, -0.25) is 20.4 Å². The molecule has 3 aromatic rings. The third-order valence-electron chi connectivity index (χ3n) is 3.17. The Morgan fingerprint density at radius 3 is 2.61 bits per heavy atom. The van der Waals surface area contributed by atoms with E-state index in [1.54, 1.807) is 12.1 Å². The smallest absolute Gasteiger partial charge is 0.305 e. The van der Waals surface area contributed by atoms with Crippen molar-refractivity contribution in [3.63, 3.8) is 0 Å². The first kappa shape index (κ1) is 14.6. The van der Waals surface area contributed by atoms with E-state index in [9.17, 15) is 9.59 Å². The maximum atomic E-state index is 11.7. The van der Waals surface area contributed by atoms with Crippen LogP contribution < -0.4 is 15.6 Å². The Labute approximate surface area is 132 Å². The molecular weight excluding hydrogens is 296 g/mol. The average molecular weight is 310 g/mol. The van der Waals surface area contributed by atoms with Gasteiger partial charge < -0.3 is 9.15 Å². The van der Waals surface area contributed by atoms with Crippen LogP contribution in [0.2, 0.25) is 0 Å². The number of furan rings is 1. The fourth-order valence-corrected chi connectivity index (χ4v) is 2.10. The summed E-state index contributed by atoms with van der Waals surface area (Å²) < 4.78 is 10.4. The summed E-state index contributed by atoms with van der Waals surface area (Å²) in [4.78, 5) is 23.3. The lowest BCUT2D eigenvalue weighted by Gasteiger charge is -2.10. The molecule has 0 saturated carbocycles. The van der Waals surface area contributed by atoms with E-state index in [1.165, 1.54) is 12.3 Å². The van der Waals surface area contributed by atoms with Gasteiger partial charge >= 0.3 is 5.91 Å². The molecular formula is C17H14N2O4. The molecule has 0 radical (unpaired) electrons. The molecule has 116 valence electrons. The molecule has 0 unspecified atom stereocenters. The topological polar surface area (TPSA) is 80.6 Å². The van der Waals surface area contributed by atoms with E-state index in [0.29, 0.717) is 5.75 Å². The highest BCUT2D eigenvalue weighted by Crippen LogP contribution is 2.24. The number of hydrogen-bond acceptors (Lipinski definition) is 4. The highest BCUT2D eigenvalue weighted by Gasteiger charge is 2.10. The van der Waals surface area contributed by atoms with Crippen LogP contribution in [0.25, 0.3) is 10.8 Å². The van der Waals surface area contributed by atoms with E-state index in [0.717, 1.165) is 10.8 Å². The summed E-state index contributed by atoms with van der Waals surface area (Å²) in [5, 5.41) is 1.94. The van der Waals surface area contributed by atoms with Gasteiger partial charge in [-0.25, -0.2) is 0 Å². The molecule has 3 rings (SSSR count). The van der Waals surface area contributed by atoms with E-state index >= 15 is 0 Å². The molecule has 2 aromatic carbocycles. The number of hydrazine groups is 1. The van der Waals surface area contributed by atoms with Gasteiger partial charge in [0.25, 0.3) is 5.91 Å². The molecule has 0 spiro atoms. The van der Waals surface area contributed by atoms with Gasteiger partial charge in [0.05, 0.1) is 6.26 Å². The first-order valence-electron chi connectivity index (χ1n) is 6.97. The van der Waals surface area contributed by atoms with E-state index < -0.39 is 11.8 Å². The first-order chi connectivity index (χ1) is 11.2. The lowest BCUT2D eigenvalue weighted by molar-refractivity contribution is -0.123. The van der Waals surface area contributed by atoms with Crippen LogP contribution in [0.4, 0.5) is 0 Å². The standard InChI is InChI=1S/C17H14N2O4/c20-16(18-19-17(21)15-9-4-10-22-15)11-23-14-8-3-6-12-5-1-2-7-13(12)14/h1-10H,11H2,(H,18,20)(H,19,21). The average Bonchev–Trinajstić information content (AvgIpc) is 3.12. The summed E-state index contributed by atoms with van der Waals surface area (Å²) in [5.41, 5.74) is 4.51. The van der Waals surface area contributed by atoms with E-state index in [1.807, 2.05) is 36.4 Å². The minimum absolute atomic E-state index is 0.111. The van der Waals surface area contributed by atoms with Gasteiger partial charge in [0.2, 0.25) is 0 Å². The summed E-state index contributed by atoms with van der Waals surface area (Å²) in [6.07, 6.45) is 1.38. The molecule has 1 heterocycles. The van der Waals surface area contributed by atoms with Crippen LogP contribution in [0, 0.1) is 0 Å². The zero-order chi connectivity index (χ0) is 16.1. The Kier molecular flexibility index (Phi) is 4.24. The Morgan fingerprint density at radius 2 is 1.78 bits per heavy atom. The fourth-order valence-electron chi connectivity index (χ4n) is 2.10. The summed E-state index contributed by atoms with van der Waals surface area (Å²) in [5.74, 6) is -0.290. The molecule has 2 amide bonds. The van der Waals surface area contributed by atoms with Crippen molar-refractivity contribution in [2.24, 2.45) is 0 Å². The third kappa shape index (κ3) is 3.49. The van der Waals surface area contributed by atoms with Crippen molar-refractivity contribution in [3.05, 3.63) is 66.6 Å². The molecule has 0 aliphatic carbocycles. The minimum atomic E-state index is -0.534. The summed E-state index contributed by atoms with van der Waals surface area (Å²) >= 11 is 0. The number of fused-ring (bicyclic) bond motifs is 1. The van der Waals surface area contributed by atoms with Gasteiger partial charge in [0.1, 0.15) is 5.75 Å². The largest absolute Gasteiger partial charge is 0.483 e. The third-order valence-corrected chi connectivity index (χ3v) is 3.17. The SMILES string of the molecule is O=C(COc1cccc2ccccc12)NNC(=O)c1ccco1. The summed E-state index contributed by atoms with van der Waals surface area (Å²) in [6, 6.07) is 16.4. The number of amides is 2. The number of carbonyl (C=O) groups is 2. The molecule has 2 N–H and O–H groups in total. The molecule has 1 aromatic heterocycles. The molecule has 0 saturated heterocycles. The van der Waals surface area contributed by atoms with Gasteiger partial charge in [-0.1, -0.05) is 36.4 Å². The molecule has 6 nitrogen and oxygen atoms in total. The Bertz CT molecular complexity index is 822. The van der Waals surface area contributed by atoms with Gasteiger partial charge in [0.15, 0.2) is 12.4 Å². The Balaban J connectivity index is 1.55. The maximum Gasteiger partial charge on any atom is 0.305 e.